The molecule has 0 unspecified atom stereocenters. The number of nitrogens with zero attached hydrogens (tertiary/aromatic N) is 1. The Morgan fingerprint density at radius 1 is 1.00 bits per heavy atom. The van der Waals surface area contributed by atoms with Crippen LogP contribution in [-0.2, 0) is 16.0 Å². The minimum atomic E-state index is -5.40. The third kappa shape index (κ3) is 4.38. The summed E-state index contributed by atoms with van der Waals surface area (Å²) < 4.78 is 46.4. The molecule has 0 bridgehead atoms. The van der Waals surface area contributed by atoms with Crippen LogP contribution in [0.2, 0.25) is 0 Å². The highest BCUT2D eigenvalue weighted by Crippen LogP contribution is 2.44. The fourth-order valence-corrected chi connectivity index (χ4v) is 4.46. The number of ether oxygens (including phenoxy) is 1. The fourth-order valence-electron chi connectivity index (χ4n) is 4.46. The summed E-state index contributed by atoms with van der Waals surface area (Å²) in [6.45, 7) is -4.15. The standard InChI is InChI=1S/C25H22BF3NO4/c1-15-16(12-24(31)32)11-17(13-23(15)26(27,28)29)30(2)25(33)34-14-22-20-9-5-3-7-18(20)19-8-4-6-10-21(19)22/h3-11,13,22H,12,14H2,1-2H3,(H,31,32)/q-1. The molecule has 34 heavy (non-hydrogen) atoms. The van der Waals surface area contributed by atoms with Gasteiger partial charge in [-0.3, -0.25) is 9.69 Å². The quantitative estimate of drug-likeness (QED) is 0.514. The number of benzene rings is 3. The summed E-state index contributed by atoms with van der Waals surface area (Å²) in [7, 11) is 1.31. The van der Waals surface area contributed by atoms with E-state index in [2.05, 4.69) is 0 Å². The van der Waals surface area contributed by atoms with Crippen molar-refractivity contribution in [3.05, 3.63) is 82.9 Å². The maximum atomic E-state index is 13.6. The van der Waals surface area contributed by atoms with Gasteiger partial charge in [0.15, 0.2) is 0 Å². The van der Waals surface area contributed by atoms with E-state index >= 15 is 0 Å². The van der Waals surface area contributed by atoms with Crippen LogP contribution in [0.3, 0.4) is 0 Å². The average Bonchev–Trinajstić information content (AvgIpc) is 3.11. The number of anilines is 1. The number of hydrogen-bond donors (Lipinski definition) is 1. The second kappa shape index (κ2) is 8.89. The molecule has 0 saturated carbocycles. The molecule has 176 valence electrons. The summed E-state index contributed by atoms with van der Waals surface area (Å²) in [5.74, 6) is -1.45. The van der Waals surface area contributed by atoms with E-state index in [1.165, 1.54) is 20.0 Å². The van der Waals surface area contributed by atoms with Crippen molar-refractivity contribution in [1.82, 2.24) is 0 Å². The Morgan fingerprint density at radius 2 is 1.56 bits per heavy atom. The summed E-state index contributed by atoms with van der Waals surface area (Å²) in [4.78, 5) is 25.0. The molecule has 1 amide bonds. The molecule has 1 N–H and O–H groups in total. The zero-order chi connectivity index (χ0) is 24.6. The van der Waals surface area contributed by atoms with Crippen LogP contribution in [0.1, 0.15) is 28.2 Å². The van der Waals surface area contributed by atoms with Gasteiger partial charge < -0.3 is 22.8 Å². The van der Waals surface area contributed by atoms with E-state index in [4.69, 9.17) is 9.84 Å². The van der Waals surface area contributed by atoms with Gasteiger partial charge in [-0.05, 0) is 40.8 Å². The molecule has 9 heteroatoms. The number of hydrogen-bond acceptors (Lipinski definition) is 3. The summed E-state index contributed by atoms with van der Waals surface area (Å²) in [6, 6.07) is 17.8. The molecule has 1 aliphatic rings. The van der Waals surface area contributed by atoms with E-state index in [1.807, 2.05) is 48.5 Å². The van der Waals surface area contributed by atoms with Crippen LogP contribution < -0.4 is 10.4 Å². The Labute approximate surface area is 194 Å². The van der Waals surface area contributed by atoms with Gasteiger partial charge in [-0.25, -0.2) is 4.79 Å². The Morgan fingerprint density at radius 3 is 2.09 bits per heavy atom. The molecule has 0 saturated heterocycles. The average molecular weight is 468 g/mol. The number of amides is 1. The predicted octanol–water partition coefficient (Wildman–Crippen LogP) is 5.06. The molecule has 0 radical (unpaired) electrons. The highest BCUT2D eigenvalue weighted by Gasteiger charge is 2.31. The van der Waals surface area contributed by atoms with Gasteiger partial charge in [0.05, 0.1) is 6.42 Å². The number of carbonyl (C=O) groups excluding carboxylic acids is 1. The van der Waals surface area contributed by atoms with Crippen molar-refractivity contribution in [2.75, 3.05) is 18.6 Å². The van der Waals surface area contributed by atoms with Crippen LogP contribution in [-0.4, -0.2) is 37.8 Å². The number of fused-ring (bicyclic) bond motifs is 3. The van der Waals surface area contributed by atoms with Crippen molar-refractivity contribution in [3.8, 4) is 11.1 Å². The lowest BCUT2D eigenvalue weighted by Gasteiger charge is -2.25. The maximum absolute atomic E-state index is 13.6. The molecule has 0 atom stereocenters. The minimum Gasteiger partial charge on any atom is -0.481 e. The van der Waals surface area contributed by atoms with Gasteiger partial charge in [0.1, 0.15) is 6.61 Å². The number of carbonyl (C=O) groups is 2. The summed E-state index contributed by atoms with van der Waals surface area (Å²) in [6.07, 6.45) is -1.41. The molecule has 0 fully saturated rings. The lowest BCUT2D eigenvalue weighted by Crippen LogP contribution is -2.38. The van der Waals surface area contributed by atoms with Crippen LogP contribution in [0.15, 0.2) is 60.7 Å². The van der Waals surface area contributed by atoms with Crippen LogP contribution in [0.4, 0.5) is 23.4 Å². The topological polar surface area (TPSA) is 66.8 Å². The van der Waals surface area contributed by atoms with E-state index in [-0.39, 0.29) is 29.3 Å². The van der Waals surface area contributed by atoms with Crippen molar-refractivity contribution in [2.24, 2.45) is 0 Å². The lowest BCUT2D eigenvalue weighted by atomic mass is 9.75. The van der Waals surface area contributed by atoms with Crippen molar-refractivity contribution in [2.45, 2.75) is 19.3 Å². The van der Waals surface area contributed by atoms with Gasteiger partial charge in [-0.2, -0.15) is 0 Å². The zero-order valence-corrected chi connectivity index (χ0v) is 18.6. The highest BCUT2D eigenvalue weighted by atomic mass is 19.4. The van der Waals surface area contributed by atoms with E-state index in [1.54, 1.807) is 0 Å². The van der Waals surface area contributed by atoms with Crippen molar-refractivity contribution in [1.29, 1.82) is 0 Å². The highest BCUT2D eigenvalue weighted by molar-refractivity contribution is 6.74. The van der Waals surface area contributed by atoms with Crippen LogP contribution in [0.5, 0.6) is 0 Å². The van der Waals surface area contributed by atoms with Crippen molar-refractivity contribution >= 4 is 30.2 Å². The van der Waals surface area contributed by atoms with Crippen LogP contribution in [0.25, 0.3) is 11.1 Å². The second-order valence-corrected chi connectivity index (χ2v) is 8.33. The monoisotopic (exact) mass is 468 g/mol. The summed E-state index contributed by atoms with van der Waals surface area (Å²) in [5.41, 5.74) is 2.99. The first-order valence-electron chi connectivity index (χ1n) is 10.7. The van der Waals surface area contributed by atoms with Gasteiger partial charge in [-0.1, -0.05) is 60.2 Å². The molecule has 5 nitrogen and oxygen atoms in total. The van der Waals surface area contributed by atoms with Crippen molar-refractivity contribution < 1.29 is 32.4 Å². The Bertz CT molecular complexity index is 1230. The Balaban J connectivity index is 1.59. The number of carboxylic acid groups (broad SMARTS) is 1. The third-order valence-electron chi connectivity index (χ3n) is 6.23. The predicted molar refractivity (Wildman–Crippen MR) is 125 cm³/mol. The van der Waals surface area contributed by atoms with Gasteiger partial charge >= 0.3 is 19.0 Å². The third-order valence-corrected chi connectivity index (χ3v) is 6.23. The van der Waals surface area contributed by atoms with Gasteiger partial charge in [-0.15, -0.1) is 5.46 Å². The molecule has 0 heterocycles. The smallest absolute Gasteiger partial charge is 0.481 e. The number of halogens is 3. The lowest BCUT2D eigenvalue weighted by molar-refractivity contribution is -0.136. The molecule has 3 aromatic rings. The maximum Gasteiger partial charge on any atom is 0.509 e. The Hall–Kier alpha value is -3.75. The number of carboxylic acids is 1. The summed E-state index contributed by atoms with van der Waals surface area (Å²) in [5, 5.41) is 9.11. The molecular formula is C25H22BF3NO4-. The normalized spacial score (nSPS) is 12.7. The molecule has 1 aliphatic carbocycles. The SMILES string of the molecule is Cc1c(CC(=O)O)cc(N(C)C(=O)OCC2c3ccccc3-c3ccccc32)cc1[B-](F)(F)F. The largest absolute Gasteiger partial charge is 0.509 e. The fraction of sp³-hybridized carbons (Fsp3) is 0.200. The minimum absolute atomic E-state index is 0.00232. The van der Waals surface area contributed by atoms with E-state index in [0.29, 0.717) is 0 Å². The molecule has 0 aromatic heterocycles. The molecule has 0 spiro atoms. The van der Waals surface area contributed by atoms with Crippen LogP contribution >= 0.6 is 0 Å². The molecule has 0 aliphatic heterocycles. The first-order chi connectivity index (χ1) is 16.1. The number of aliphatic carboxylic acids is 1. The van der Waals surface area contributed by atoms with Crippen molar-refractivity contribution in [3.63, 3.8) is 0 Å². The second-order valence-electron chi connectivity index (χ2n) is 8.33. The van der Waals surface area contributed by atoms with Crippen LogP contribution in [0, 0.1) is 6.92 Å². The first-order valence-corrected chi connectivity index (χ1v) is 10.7. The Kier molecular flexibility index (Phi) is 6.12. The zero-order valence-electron chi connectivity index (χ0n) is 18.6. The van der Waals surface area contributed by atoms with Gasteiger partial charge in [0, 0.05) is 18.7 Å². The van der Waals surface area contributed by atoms with E-state index in [9.17, 15) is 22.5 Å². The summed E-state index contributed by atoms with van der Waals surface area (Å²) >= 11 is 0. The molecule has 3 aromatic carbocycles. The molecule has 4 rings (SSSR count). The van der Waals surface area contributed by atoms with Gasteiger partial charge in [0.25, 0.3) is 0 Å². The molecular weight excluding hydrogens is 446 g/mol. The number of rotatable bonds is 6. The van der Waals surface area contributed by atoms with E-state index < -0.39 is 30.9 Å². The van der Waals surface area contributed by atoms with Gasteiger partial charge in [0.2, 0.25) is 0 Å². The van der Waals surface area contributed by atoms with E-state index in [0.717, 1.165) is 33.2 Å². The first kappa shape index (κ1) is 23.4.